The van der Waals surface area contributed by atoms with Crippen LogP contribution in [0.2, 0.25) is 5.02 Å². The molecule has 0 spiro atoms. The van der Waals surface area contributed by atoms with Crippen LogP contribution in [0, 0.1) is 12.3 Å². The number of amides is 2. The second-order valence-electron chi connectivity index (χ2n) is 7.51. The number of sulfonamides is 1. The fourth-order valence-electron chi connectivity index (χ4n) is 3.51. The van der Waals surface area contributed by atoms with Gasteiger partial charge in [0.05, 0.1) is 22.0 Å². The van der Waals surface area contributed by atoms with Crippen LogP contribution in [0.4, 0.5) is 5.69 Å². The van der Waals surface area contributed by atoms with Gasteiger partial charge < -0.3 is 10.6 Å². The molecule has 0 atom stereocenters. The van der Waals surface area contributed by atoms with Gasteiger partial charge in [0.2, 0.25) is 10.0 Å². The van der Waals surface area contributed by atoms with E-state index in [0.717, 1.165) is 25.7 Å². The Hall–Kier alpha value is -2.86. The van der Waals surface area contributed by atoms with E-state index in [1.54, 1.807) is 6.07 Å². The van der Waals surface area contributed by atoms with Crippen LogP contribution < -0.4 is 15.4 Å². The highest BCUT2D eigenvalue weighted by Gasteiger charge is 2.20. The van der Waals surface area contributed by atoms with Crippen molar-refractivity contribution in [2.75, 3.05) is 11.9 Å². The third kappa shape index (κ3) is 6.10. The highest BCUT2D eigenvalue weighted by atomic mass is 35.5. The van der Waals surface area contributed by atoms with Crippen LogP contribution in [0.5, 0.6) is 0 Å². The van der Waals surface area contributed by atoms with Crippen molar-refractivity contribution < 1.29 is 18.0 Å². The number of rotatable bonds is 7. The van der Waals surface area contributed by atoms with Crippen LogP contribution in [0.1, 0.15) is 52.8 Å². The van der Waals surface area contributed by atoms with Crippen LogP contribution in [0.15, 0.2) is 47.4 Å². The molecule has 1 aliphatic rings. The summed E-state index contributed by atoms with van der Waals surface area (Å²) in [6, 6.07) is 10.3. The maximum atomic E-state index is 12.7. The monoisotopic (exact) mass is 473 g/mol. The molecule has 0 radical (unpaired) electrons. The molecular formula is C23H24ClN3O4S. The topological polar surface area (TPSA) is 104 Å². The molecule has 0 aliphatic heterocycles. The Bertz CT molecular complexity index is 1150. The van der Waals surface area contributed by atoms with Crippen molar-refractivity contribution in [1.82, 2.24) is 10.0 Å². The second-order valence-corrected chi connectivity index (χ2v) is 9.69. The van der Waals surface area contributed by atoms with E-state index in [2.05, 4.69) is 21.3 Å². The smallest absolute Gasteiger partial charge is 0.255 e. The minimum absolute atomic E-state index is 0.0796. The molecule has 7 nitrogen and oxygen atoms in total. The summed E-state index contributed by atoms with van der Waals surface area (Å²) in [4.78, 5) is 25.3. The maximum absolute atomic E-state index is 12.7. The molecule has 2 aromatic carbocycles. The molecule has 0 bridgehead atoms. The third-order valence-corrected chi connectivity index (χ3v) is 6.91. The number of anilines is 1. The summed E-state index contributed by atoms with van der Waals surface area (Å²) in [6.45, 7) is -0.158. The fraction of sp³-hybridized carbons (Fsp3) is 0.304. The van der Waals surface area contributed by atoms with Gasteiger partial charge in [-0.1, -0.05) is 42.9 Å². The molecule has 1 aliphatic carbocycles. The first kappa shape index (κ1) is 23.8. The zero-order chi connectivity index (χ0) is 23.1. The summed E-state index contributed by atoms with van der Waals surface area (Å²) in [5.74, 6) is 1.38. The van der Waals surface area contributed by atoms with Crippen molar-refractivity contribution in [3.05, 3.63) is 58.6 Å². The number of nitrogens with one attached hydrogen (secondary N) is 3. The molecule has 3 N–H and O–H groups in total. The summed E-state index contributed by atoms with van der Waals surface area (Å²) >= 11 is 6.21. The van der Waals surface area contributed by atoms with E-state index in [-0.39, 0.29) is 39.5 Å². The van der Waals surface area contributed by atoms with Gasteiger partial charge in [-0.2, -0.15) is 4.72 Å². The van der Waals surface area contributed by atoms with E-state index in [0.29, 0.717) is 5.69 Å². The number of halogens is 1. The second kappa shape index (κ2) is 10.6. The number of hydrogen-bond donors (Lipinski definition) is 3. The molecule has 9 heteroatoms. The van der Waals surface area contributed by atoms with Gasteiger partial charge >= 0.3 is 0 Å². The summed E-state index contributed by atoms with van der Waals surface area (Å²) < 4.78 is 26.7. The van der Waals surface area contributed by atoms with Crippen LogP contribution in [-0.2, 0) is 10.0 Å². The van der Waals surface area contributed by atoms with Gasteiger partial charge in [0.25, 0.3) is 11.8 Å². The number of terminal acetylenes is 1. The molecule has 0 aromatic heterocycles. The quantitative estimate of drug-likeness (QED) is 0.534. The van der Waals surface area contributed by atoms with Crippen LogP contribution in [0.25, 0.3) is 0 Å². The zero-order valence-corrected chi connectivity index (χ0v) is 18.9. The Balaban J connectivity index is 1.74. The molecule has 2 amide bonds. The average Bonchev–Trinajstić information content (AvgIpc) is 2.79. The van der Waals surface area contributed by atoms with Crippen molar-refractivity contribution >= 4 is 39.1 Å². The predicted octanol–water partition coefficient (Wildman–Crippen LogP) is 3.57. The van der Waals surface area contributed by atoms with E-state index in [1.165, 1.54) is 42.8 Å². The van der Waals surface area contributed by atoms with Crippen molar-refractivity contribution in [3.63, 3.8) is 0 Å². The molecule has 0 saturated heterocycles. The van der Waals surface area contributed by atoms with Crippen LogP contribution >= 0.6 is 11.6 Å². The minimum Gasteiger partial charge on any atom is -0.349 e. The molecule has 32 heavy (non-hydrogen) atoms. The number of benzene rings is 2. The summed E-state index contributed by atoms with van der Waals surface area (Å²) in [5.41, 5.74) is 0.772. The fourth-order valence-corrected chi connectivity index (χ4v) is 4.70. The van der Waals surface area contributed by atoms with E-state index in [4.69, 9.17) is 18.0 Å². The van der Waals surface area contributed by atoms with Gasteiger partial charge in [-0.05, 0) is 49.2 Å². The molecule has 168 valence electrons. The van der Waals surface area contributed by atoms with Gasteiger partial charge in [-0.25, -0.2) is 8.42 Å². The first-order chi connectivity index (χ1) is 15.3. The number of hydrogen-bond acceptors (Lipinski definition) is 4. The average molecular weight is 474 g/mol. The van der Waals surface area contributed by atoms with Gasteiger partial charge in [0.1, 0.15) is 0 Å². The largest absolute Gasteiger partial charge is 0.349 e. The van der Waals surface area contributed by atoms with Crippen LogP contribution in [-0.4, -0.2) is 32.8 Å². The van der Waals surface area contributed by atoms with E-state index in [1.807, 2.05) is 0 Å². The van der Waals surface area contributed by atoms with E-state index >= 15 is 0 Å². The molecule has 0 unspecified atom stereocenters. The summed E-state index contributed by atoms with van der Waals surface area (Å²) in [5, 5.41) is 5.97. The number of carbonyl (C=O) groups is 2. The Morgan fingerprint density at radius 3 is 2.53 bits per heavy atom. The van der Waals surface area contributed by atoms with Crippen LogP contribution in [0.3, 0.4) is 0 Å². The Kier molecular flexibility index (Phi) is 7.91. The Labute approximate surface area is 193 Å². The molecule has 1 saturated carbocycles. The first-order valence-electron chi connectivity index (χ1n) is 10.2. The SMILES string of the molecule is C#CCNS(=O)(=O)c1cccc(C(=O)Nc2ccc(Cl)c(C(=O)NC3CCCCC3)c2)c1. The van der Waals surface area contributed by atoms with E-state index < -0.39 is 15.9 Å². The molecular weight excluding hydrogens is 450 g/mol. The summed E-state index contributed by atoms with van der Waals surface area (Å²) in [7, 11) is -3.83. The maximum Gasteiger partial charge on any atom is 0.255 e. The zero-order valence-electron chi connectivity index (χ0n) is 17.4. The molecule has 2 aromatic rings. The summed E-state index contributed by atoms with van der Waals surface area (Å²) in [6.07, 6.45) is 10.3. The van der Waals surface area contributed by atoms with Gasteiger partial charge in [0.15, 0.2) is 0 Å². The van der Waals surface area contributed by atoms with Crippen molar-refractivity contribution in [1.29, 1.82) is 0 Å². The van der Waals surface area contributed by atoms with E-state index in [9.17, 15) is 18.0 Å². The number of carbonyl (C=O) groups excluding carboxylic acids is 2. The lowest BCUT2D eigenvalue weighted by Gasteiger charge is -2.23. The highest BCUT2D eigenvalue weighted by Crippen LogP contribution is 2.23. The van der Waals surface area contributed by atoms with Gasteiger partial charge in [-0.15, -0.1) is 6.42 Å². The highest BCUT2D eigenvalue weighted by molar-refractivity contribution is 7.89. The van der Waals surface area contributed by atoms with Crippen molar-refractivity contribution in [2.45, 2.75) is 43.0 Å². The molecule has 3 rings (SSSR count). The molecule has 1 fully saturated rings. The first-order valence-corrected chi connectivity index (χ1v) is 12.1. The van der Waals surface area contributed by atoms with Gasteiger partial charge in [0, 0.05) is 17.3 Å². The minimum atomic E-state index is -3.83. The Morgan fingerprint density at radius 2 is 1.81 bits per heavy atom. The lowest BCUT2D eigenvalue weighted by Crippen LogP contribution is -2.36. The Morgan fingerprint density at radius 1 is 1.06 bits per heavy atom. The normalized spacial score (nSPS) is 14.4. The lowest BCUT2D eigenvalue weighted by atomic mass is 9.95. The van der Waals surface area contributed by atoms with Crippen molar-refractivity contribution in [2.24, 2.45) is 0 Å². The standard InChI is InChI=1S/C23H24ClN3O4S/c1-2-13-25-32(30,31)19-10-6-7-16(14-19)22(28)27-18-11-12-21(24)20(15-18)23(29)26-17-8-4-3-5-9-17/h1,6-7,10-12,14-15,17,25H,3-5,8-9,13H2,(H,26,29)(H,27,28). The van der Waals surface area contributed by atoms with Gasteiger partial charge in [-0.3, -0.25) is 9.59 Å². The molecule has 0 heterocycles. The predicted molar refractivity (Wildman–Crippen MR) is 124 cm³/mol. The third-order valence-electron chi connectivity index (χ3n) is 5.18. The van der Waals surface area contributed by atoms with Crippen molar-refractivity contribution in [3.8, 4) is 12.3 Å². The lowest BCUT2D eigenvalue weighted by molar-refractivity contribution is 0.0926.